The molecule has 0 bridgehead atoms. The van der Waals surface area contributed by atoms with E-state index in [0.29, 0.717) is 10.9 Å². The maximum atomic E-state index is 13.0. The highest BCUT2D eigenvalue weighted by Gasteiger charge is 2.27. The summed E-state index contributed by atoms with van der Waals surface area (Å²) in [5, 5.41) is 3.09. The van der Waals surface area contributed by atoms with Gasteiger partial charge in [-0.25, -0.2) is 12.8 Å². The summed E-state index contributed by atoms with van der Waals surface area (Å²) in [5.41, 5.74) is 0.732. The lowest BCUT2D eigenvalue weighted by Crippen LogP contribution is -2.20. The normalized spacial score (nSPS) is 23.2. The van der Waals surface area contributed by atoms with E-state index in [2.05, 4.69) is 21.2 Å². The van der Waals surface area contributed by atoms with Crippen molar-refractivity contribution in [2.24, 2.45) is 0 Å². The van der Waals surface area contributed by atoms with Crippen LogP contribution in [0.4, 0.5) is 10.1 Å². The summed E-state index contributed by atoms with van der Waals surface area (Å²) in [5.74, 6) is 0.0549. The average Bonchev–Trinajstić information content (AvgIpc) is 2.52. The Labute approximate surface area is 102 Å². The van der Waals surface area contributed by atoms with Gasteiger partial charge in [0.15, 0.2) is 9.84 Å². The monoisotopic (exact) mass is 307 g/mol. The molecule has 1 aliphatic heterocycles. The van der Waals surface area contributed by atoms with Crippen molar-refractivity contribution in [1.29, 1.82) is 0 Å². The number of hydrogen-bond donors (Lipinski definition) is 1. The topological polar surface area (TPSA) is 46.2 Å². The molecule has 1 fully saturated rings. The highest BCUT2D eigenvalue weighted by Crippen LogP contribution is 2.22. The second-order valence-corrected chi connectivity index (χ2v) is 6.96. The minimum Gasteiger partial charge on any atom is -0.381 e. The zero-order valence-electron chi connectivity index (χ0n) is 8.41. The molecule has 1 N–H and O–H groups in total. The van der Waals surface area contributed by atoms with Gasteiger partial charge in [0.1, 0.15) is 5.82 Å². The number of sulfone groups is 1. The van der Waals surface area contributed by atoms with Crippen molar-refractivity contribution in [1.82, 2.24) is 0 Å². The molecule has 1 aliphatic rings. The number of anilines is 1. The van der Waals surface area contributed by atoms with Gasteiger partial charge >= 0.3 is 0 Å². The first-order valence-corrected chi connectivity index (χ1v) is 7.50. The Balaban J connectivity index is 2.08. The molecule has 0 spiro atoms. The van der Waals surface area contributed by atoms with Crippen LogP contribution in [0.1, 0.15) is 6.42 Å². The smallest absolute Gasteiger partial charge is 0.152 e. The minimum atomic E-state index is -2.88. The quantitative estimate of drug-likeness (QED) is 0.911. The fraction of sp³-hybridized carbons (Fsp3) is 0.400. The van der Waals surface area contributed by atoms with Gasteiger partial charge in [-0.05, 0) is 40.5 Å². The number of halogens is 2. The Bertz CT molecular complexity index is 504. The third-order valence-corrected chi connectivity index (χ3v) is 4.90. The molecule has 0 saturated carbocycles. The third kappa shape index (κ3) is 2.74. The largest absolute Gasteiger partial charge is 0.381 e. The highest BCUT2D eigenvalue weighted by atomic mass is 79.9. The molecule has 1 saturated heterocycles. The molecule has 1 aromatic rings. The van der Waals surface area contributed by atoms with Gasteiger partial charge < -0.3 is 5.32 Å². The number of rotatable bonds is 2. The molecule has 1 aromatic carbocycles. The molecular formula is C10H11BrFNO2S. The van der Waals surface area contributed by atoms with E-state index in [1.165, 1.54) is 6.07 Å². The second-order valence-electron chi connectivity index (χ2n) is 3.87. The van der Waals surface area contributed by atoms with Gasteiger partial charge in [0.05, 0.1) is 16.0 Å². The summed E-state index contributed by atoms with van der Waals surface area (Å²) in [6.45, 7) is 0. The molecule has 2 rings (SSSR count). The fourth-order valence-corrected chi connectivity index (χ4v) is 3.78. The lowest BCUT2D eigenvalue weighted by atomic mass is 10.2. The lowest BCUT2D eigenvalue weighted by molar-refractivity contribution is 0.601. The molecule has 1 unspecified atom stereocenters. The summed E-state index contributed by atoms with van der Waals surface area (Å²) in [6.07, 6.45) is 0.608. The standard InChI is InChI=1S/C10H11BrFNO2S/c11-9-5-7(1-2-10(9)12)13-8-3-4-16(14,15)6-8/h1-2,5,8,13H,3-4,6H2. The Hall–Kier alpha value is -0.620. The van der Waals surface area contributed by atoms with Gasteiger partial charge in [-0.1, -0.05) is 0 Å². The Kier molecular flexibility index (Phi) is 3.21. The number of nitrogens with one attached hydrogen (secondary N) is 1. The molecule has 6 heteroatoms. The summed E-state index contributed by atoms with van der Waals surface area (Å²) < 4.78 is 35.8. The molecule has 3 nitrogen and oxygen atoms in total. The molecule has 0 radical (unpaired) electrons. The van der Waals surface area contributed by atoms with Gasteiger partial charge in [-0.15, -0.1) is 0 Å². The summed E-state index contributed by atoms with van der Waals surface area (Å²) in [7, 11) is -2.88. The van der Waals surface area contributed by atoms with E-state index in [0.717, 1.165) is 5.69 Å². The van der Waals surface area contributed by atoms with Gasteiger partial charge in [-0.3, -0.25) is 0 Å². The van der Waals surface area contributed by atoms with Crippen LogP contribution in [-0.4, -0.2) is 26.0 Å². The molecule has 0 aromatic heterocycles. The SMILES string of the molecule is O=S1(=O)CCC(Nc2ccc(F)c(Br)c2)C1. The fourth-order valence-electron chi connectivity index (χ4n) is 1.73. The van der Waals surface area contributed by atoms with Crippen molar-refractivity contribution in [3.05, 3.63) is 28.5 Å². The zero-order chi connectivity index (χ0) is 11.8. The predicted molar refractivity (Wildman–Crippen MR) is 64.8 cm³/mol. The van der Waals surface area contributed by atoms with Crippen LogP contribution in [0.3, 0.4) is 0 Å². The van der Waals surface area contributed by atoms with E-state index in [1.807, 2.05) is 0 Å². The first-order valence-electron chi connectivity index (χ1n) is 4.88. The van der Waals surface area contributed by atoms with E-state index in [-0.39, 0.29) is 23.4 Å². The molecule has 0 amide bonds. The highest BCUT2D eigenvalue weighted by molar-refractivity contribution is 9.10. The lowest BCUT2D eigenvalue weighted by Gasteiger charge is -2.12. The van der Waals surface area contributed by atoms with Crippen molar-refractivity contribution in [2.45, 2.75) is 12.5 Å². The molecule has 16 heavy (non-hydrogen) atoms. The molecule has 1 heterocycles. The summed E-state index contributed by atoms with van der Waals surface area (Å²) >= 11 is 3.08. The van der Waals surface area contributed by atoms with E-state index in [1.54, 1.807) is 12.1 Å². The van der Waals surface area contributed by atoms with Crippen molar-refractivity contribution in [3.8, 4) is 0 Å². The molecular weight excluding hydrogens is 297 g/mol. The first-order chi connectivity index (χ1) is 7.46. The Morgan fingerprint density at radius 1 is 1.44 bits per heavy atom. The van der Waals surface area contributed by atoms with Crippen molar-refractivity contribution < 1.29 is 12.8 Å². The predicted octanol–water partition coefficient (Wildman–Crippen LogP) is 2.19. The average molecular weight is 308 g/mol. The molecule has 88 valence electrons. The Morgan fingerprint density at radius 2 is 2.19 bits per heavy atom. The number of hydrogen-bond acceptors (Lipinski definition) is 3. The maximum absolute atomic E-state index is 13.0. The summed E-state index contributed by atoms with van der Waals surface area (Å²) in [4.78, 5) is 0. The van der Waals surface area contributed by atoms with E-state index in [4.69, 9.17) is 0 Å². The first kappa shape index (κ1) is 11.9. The Morgan fingerprint density at radius 3 is 2.75 bits per heavy atom. The molecule has 0 aliphatic carbocycles. The van der Waals surface area contributed by atoms with Crippen LogP contribution in [0.2, 0.25) is 0 Å². The number of benzene rings is 1. The van der Waals surface area contributed by atoms with E-state index >= 15 is 0 Å². The van der Waals surface area contributed by atoms with Crippen LogP contribution in [0.15, 0.2) is 22.7 Å². The van der Waals surface area contributed by atoms with Crippen LogP contribution >= 0.6 is 15.9 Å². The summed E-state index contributed by atoms with van der Waals surface area (Å²) in [6, 6.07) is 4.49. The van der Waals surface area contributed by atoms with Gasteiger partial charge in [-0.2, -0.15) is 0 Å². The van der Waals surface area contributed by atoms with Crippen LogP contribution in [0.5, 0.6) is 0 Å². The van der Waals surface area contributed by atoms with Gasteiger partial charge in [0, 0.05) is 11.7 Å². The van der Waals surface area contributed by atoms with Crippen LogP contribution in [-0.2, 0) is 9.84 Å². The van der Waals surface area contributed by atoms with E-state index in [9.17, 15) is 12.8 Å². The minimum absolute atomic E-state index is 0.0673. The van der Waals surface area contributed by atoms with Crippen LogP contribution < -0.4 is 5.32 Å². The maximum Gasteiger partial charge on any atom is 0.152 e. The van der Waals surface area contributed by atoms with Crippen molar-refractivity contribution in [2.75, 3.05) is 16.8 Å². The molecule has 1 atom stereocenters. The van der Waals surface area contributed by atoms with Crippen LogP contribution in [0, 0.1) is 5.82 Å². The van der Waals surface area contributed by atoms with Gasteiger partial charge in [0.2, 0.25) is 0 Å². The van der Waals surface area contributed by atoms with Crippen molar-refractivity contribution >= 4 is 31.5 Å². The van der Waals surface area contributed by atoms with E-state index < -0.39 is 9.84 Å². The second kappa shape index (κ2) is 4.33. The van der Waals surface area contributed by atoms with Crippen LogP contribution in [0.25, 0.3) is 0 Å². The zero-order valence-corrected chi connectivity index (χ0v) is 10.8. The third-order valence-electron chi connectivity index (χ3n) is 2.52. The van der Waals surface area contributed by atoms with Crippen molar-refractivity contribution in [3.63, 3.8) is 0 Å². The van der Waals surface area contributed by atoms with Gasteiger partial charge in [0.25, 0.3) is 0 Å².